The zero-order valence-electron chi connectivity index (χ0n) is 75.3. The van der Waals surface area contributed by atoms with E-state index >= 15 is 0 Å². The van der Waals surface area contributed by atoms with Crippen LogP contribution in [0.2, 0.25) is 0 Å². The van der Waals surface area contributed by atoms with Crippen molar-refractivity contribution < 1.29 is 47.1 Å². The van der Waals surface area contributed by atoms with Gasteiger partial charge in [-0.2, -0.15) is 5.10 Å². The fraction of sp³-hybridized carbons (Fsp3) is 0.337. The largest absolute Gasteiger partial charge is 0.460 e. The molecule has 8 N–H and O–H groups in total. The smallest absolute Gasteiger partial charge is 0.255 e. The number of Topliss-reactive ketones (excluding diaryl/α,β-unsaturated/α-hetero) is 1. The van der Waals surface area contributed by atoms with E-state index in [1.807, 2.05) is 155 Å². The highest BCUT2D eigenvalue weighted by molar-refractivity contribution is 6.00. The molecule has 1 saturated heterocycles. The molecule has 13 aromatic rings. The third-order valence-corrected chi connectivity index (χ3v) is 22.1. The summed E-state index contributed by atoms with van der Waals surface area (Å²) in [5.41, 5.74) is 41.7. The van der Waals surface area contributed by atoms with Crippen LogP contribution in [0.4, 0.5) is 22.7 Å². The number of likely N-dealkylation sites (N-methyl/N-ethyl adjacent to an activating group) is 3. The molecule has 128 heavy (non-hydrogen) atoms. The Morgan fingerprint density at radius 2 is 0.906 bits per heavy atom. The predicted molar refractivity (Wildman–Crippen MR) is 494 cm³/mol. The van der Waals surface area contributed by atoms with Crippen LogP contribution in [-0.2, 0) is 20.7 Å². The van der Waals surface area contributed by atoms with Crippen molar-refractivity contribution in [1.29, 1.82) is 0 Å². The lowest BCUT2D eigenvalue weighted by atomic mass is 10.1. The Hall–Kier alpha value is -14.5. The summed E-state index contributed by atoms with van der Waals surface area (Å²) in [6.07, 6.45) is 24.0. The number of aryl methyl sites for hydroxylation is 3. The number of furan rings is 2. The van der Waals surface area contributed by atoms with Gasteiger partial charge in [0, 0.05) is 121 Å². The number of fused-ring (bicyclic) bond motifs is 5. The number of pyridine rings is 5. The number of morpholine rings is 1. The molecule has 33 heteroatoms. The van der Waals surface area contributed by atoms with E-state index in [2.05, 4.69) is 90.5 Å². The Morgan fingerprint density at radius 3 is 1.36 bits per heavy atom. The molecule has 0 bridgehead atoms. The highest BCUT2D eigenvalue weighted by Gasteiger charge is 2.30. The van der Waals surface area contributed by atoms with Gasteiger partial charge in [-0.3, -0.25) is 28.8 Å². The molecule has 13 heterocycles. The summed E-state index contributed by atoms with van der Waals surface area (Å²) in [5.74, 6) is 4.73. The normalized spacial score (nSPS) is 14.7. The fourth-order valence-electron chi connectivity index (χ4n) is 15.1. The molecule has 2 unspecified atom stereocenters. The second kappa shape index (κ2) is 39.8. The van der Waals surface area contributed by atoms with Crippen molar-refractivity contribution in [3.8, 4) is 23.0 Å². The number of hydrogen-bond acceptors (Lipinski definition) is 23. The van der Waals surface area contributed by atoms with E-state index in [1.165, 1.54) is 31.7 Å². The Kier molecular flexibility index (Phi) is 28.4. The predicted octanol–water partition coefficient (Wildman–Crippen LogP) is 13.7. The van der Waals surface area contributed by atoms with Crippen LogP contribution in [0.15, 0.2) is 184 Å². The first-order chi connectivity index (χ1) is 61.2. The van der Waals surface area contributed by atoms with Gasteiger partial charge in [-0.15, -0.1) is 20.4 Å². The lowest BCUT2D eigenvalue weighted by Crippen LogP contribution is -2.48. The molecule has 1 fully saturated rings. The summed E-state index contributed by atoms with van der Waals surface area (Å²) in [6, 6.07) is 28.0. The number of nitrogens with zero attached hydrogens (tertiary/aromatic N) is 19. The van der Waals surface area contributed by atoms with E-state index in [4.69, 9.17) is 41.2 Å². The third-order valence-electron chi connectivity index (χ3n) is 22.1. The maximum absolute atomic E-state index is 12.9. The number of methoxy groups -OCH3 is 1. The molecule has 0 radical (unpaired) electrons. The summed E-state index contributed by atoms with van der Waals surface area (Å²) in [6.45, 7) is 30.1. The molecular weight excluding hydrogens is 1620 g/mol. The number of amides is 5. The van der Waals surface area contributed by atoms with Crippen LogP contribution < -0.4 is 22.9 Å². The van der Waals surface area contributed by atoms with Gasteiger partial charge in [0.15, 0.2) is 57.4 Å². The number of nitrogen functional groups attached to an aromatic ring is 4. The van der Waals surface area contributed by atoms with E-state index < -0.39 is 0 Å². The Bertz CT molecular complexity index is 6540. The van der Waals surface area contributed by atoms with Gasteiger partial charge in [0.2, 0.25) is 5.82 Å². The van der Waals surface area contributed by atoms with Gasteiger partial charge in [0.1, 0.15) is 17.2 Å². The van der Waals surface area contributed by atoms with Gasteiger partial charge >= 0.3 is 0 Å². The second-order valence-corrected chi connectivity index (χ2v) is 32.9. The molecule has 33 nitrogen and oxygen atoms in total. The standard InChI is InChI=1S/C22H22N4O2.C19H23N5O2.C19H22N4O3.C18H23N5O2.C17H21N5O/c1-15-13-18(22(27)25(3)12-11-17-7-5-4-6-8-17)14-26-21(15)23-20(24-26)19-10-9-16(2)28-19;1-11(2)16(25)10-23(4)19(26)14-8-15(20)18-21-17(22-24(18)9-14)13-6-5-12(3)7-13;1-11-4-5-18(26-11)16-7-17-15(20)6-14(10-23(17)21-16)19(24)22-8-12(2)25-13(3)9-22;1-4-22(7-8-25-3)18(24)14-10-15(19)17-20-16(21-23(17)11-14)13-6-5-12(2)9-13;1-4-21(5-2)17(23)13-9-14(18)16-19-15(20-22(16)10-13)12-7-6-11(3)8-12/h4-10,13-14H,11-12H2,1-3H3;5-6,8-9,11H,7,10,20H2,1-4H3;4-7,10,12-13H,8-9,20H2,1-3H3;5-6,10-11H,4,7-9,19H2,1-3H3;6-7,9-10H,4-5,8,18H2,1-3H3. The lowest BCUT2D eigenvalue weighted by molar-refractivity contribution is -0.122. The summed E-state index contributed by atoms with van der Waals surface area (Å²) >= 11 is 0. The Morgan fingerprint density at radius 1 is 0.477 bits per heavy atom. The molecule has 0 saturated carbocycles. The summed E-state index contributed by atoms with van der Waals surface area (Å²) in [5, 5.41) is 22.5. The summed E-state index contributed by atoms with van der Waals surface area (Å²) in [4.78, 5) is 102. The molecule has 5 amide bonds. The van der Waals surface area contributed by atoms with Crippen LogP contribution >= 0.6 is 0 Å². The minimum Gasteiger partial charge on any atom is -0.460 e. The molecule has 12 aromatic heterocycles. The highest BCUT2D eigenvalue weighted by atomic mass is 16.5. The maximum Gasteiger partial charge on any atom is 0.255 e. The average molecular weight is 1740 g/mol. The van der Waals surface area contributed by atoms with Crippen molar-refractivity contribution in [3.05, 3.63) is 243 Å². The van der Waals surface area contributed by atoms with Gasteiger partial charge in [0.05, 0.1) is 81.4 Å². The van der Waals surface area contributed by atoms with Crippen LogP contribution in [0.3, 0.4) is 0 Å². The van der Waals surface area contributed by atoms with Crippen LogP contribution in [-0.4, -0.2) is 220 Å². The molecule has 0 spiro atoms. The van der Waals surface area contributed by atoms with Gasteiger partial charge in [-0.25, -0.2) is 42.5 Å². The van der Waals surface area contributed by atoms with E-state index in [0.29, 0.717) is 166 Å². The van der Waals surface area contributed by atoms with Gasteiger partial charge in [0.25, 0.3) is 29.5 Å². The number of hydrogen-bond donors (Lipinski definition) is 4. The zero-order valence-corrected chi connectivity index (χ0v) is 75.3. The molecular formula is C95H111N23O10. The van der Waals surface area contributed by atoms with Crippen LogP contribution in [0, 0.1) is 26.7 Å². The quantitative estimate of drug-likeness (QED) is 0.0489. The lowest BCUT2D eigenvalue weighted by Gasteiger charge is -2.35. The number of benzene rings is 1. The van der Waals surface area contributed by atoms with Crippen molar-refractivity contribution >= 4 is 103 Å². The van der Waals surface area contributed by atoms with E-state index in [0.717, 1.165) is 65.0 Å². The maximum atomic E-state index is 12.9. The van der Waals surface area contributed by atoms with Crippen molar-refractivity contribution in [2.24, 2.45) is 5.92 Å². The monoisotopic (exact) mass is 1730 g/mol. The minimum atomic E-state index is -0.276. The number of carbonyl (C=O) groups excluding carboxylic acids is 6. The number of nitrogens with two attached hydrogens (primary N) is 4. The number of rotatable bonds is 22. The van der Waals surface area contributed by atoms with Crippen LogP contribution in [0.1, 0.15) is 180 Å². The first-order valence-electron chi connectivity index (χ1n) is 42.7. The topological polar surface area (TPSA) is 406 Å². The Balaban J connectivity index is 0.000000137. The van der Waals surface area contributed by atoms with Crippen molar-refractivity contribution in [1.82, 2.24) is 92.5 Å². The first-order valence-corrected chi connectivity index (χ1v) is 42.7. The fourth-order valence-corrected chi connectivity index (χ4v) is 15.1. The van der Waals surface area contributed by atoms with Gasteiger partial charge in [-0.05, 0) is 174 Å². The minimum absolute atomic E-state index is 0.00832. The molecule has 2 atom stereocenters. The van der Waals surface area contributed by atoms with Crippen LogP contribution in [0.25, 0.3) is 67.9 Å². The van der Waals surface area contributed by atoms with E-state index in [9.17, 15) is 28.8 Å². The van der Waals surface area contributed by atoms with Gasteiger partial charge in [-0.1, -0.05) is 97.4 Å². The number of carbonyl (C=O) groups is 6. The summed E-state index contributed by atoms with van der Waals surface area (Å²) in [7, 11) is 5.05. The van der Waals surface area contributed by atoms with Crippen molar-refractivity contribution in [2.45, 2.75) is 128 Å². The first kappa shape index (κ1) is 91.2. The average Bonchev–Trinajstić information content (AvgIpc) is 1.58. The number of ether oxygens (including phenoxy) is 2. The number of aromatic nitrogens is 14. The molecule has 4 aliphatic rings. The molecule has 1 aromatic carbocycles. The molecule has 17 rings (SSSR count). The number of allylic oxidation sites excluding steroid dienone is 12. The zero-order chi connectivity index (χ0) is 91.6. The van der Waals surface area contributed by atoms with Crippen molar-refractivity contribution in [3.63, 3.8) is 0 Å². The van der Waals surface area contributed by atoms with Crippen molar-refractivity contribution in [2.75, 3.05) is 103 Å². The van der Waals surface area contributed by atoms with E-state index in [1.54, 1.807) is 107 Å². The SMILES string of the molecule is CC1=CC=C(c2nc3c(N)cc(C(=O)N(C)CC(=O)C(C)C)cn3n2)C1.CCN(CC)C(=O)c1cc(N)c2nc(C3=CC=C(C)C3)nn2c1.CCN(CCOC)C(=O)c1cc(N)c2nc(C3=CC=C(C)C3)nn2c1.Cc1ccc(-c2cc3c(N)cc(C(=O)N4CC(C)OC(C)C4)cn3n2)o1.Cc1ccc(-c2nc3c(C)cc(C(=O)N(C)CCc4ccccc4)cn3n2)o1. The highest BCUT2D eigenvalue weighted by Crippen LogP contribution is 2.33. The van der Waals surface area contributed by atoms with Gasteiger partial charge < -0.3 is 65.7 Å². The molecule has 1 aliphatic heterocycles. The number of ketones is 1. The second-order valence-electron chi connectivity index (χ2n) is 32.9. The summed E-state index contributed by atoms with van der Waals surface area (Å²) < 4.78 is 30.0. The number of anilines is 4. The van der Waals surface area contributed by atoms with E-state index in [-0.39, 0.29) is 60.0 Å². The Labute approximate surface area is 741 Å². The van der Waals surface area contributed by atoms with Crippen LogP contribution in [0.5, 0.6) is 0 Å². The molecule has 666 valence electrons. The third kappa shape index (κ3) is 21.2. The molecule has 3 aliphatic carbocycles.